The van der Waals surface area contributed by atoms with Crippen LogP contribution in [0.1, 0.15) is 18.4 Å². The van der Waals surface area contributed by atoms with Crippen LogP contribution < -0.4 is 5.73 Å². The number of nitrogens with two attached hydrogens (primary N) is 1. The zero-order valence-corrected chi connectivity index (χ0v) is 9.00. The van der Waals surface area contributed by atoms with Crippen LogP contribution in [-0.4, -0.2) is 21.3 Å². The van der Waals surface area contributed by atoms with Crippen molar-refractivity contribution in [2.45, 2.75) is 18.3 Å². The van der Waals surface area contributed by atoms with Crippen molar-refractivity contribution in [1.82, 2.24) is 14.8 Å². The van der Waals surface area contributed by atoms with E-state index in [1.807, 2.05) is 6.07 Å². The Labute approximate surface area is 94.1 Å². The number of benzene rings is 1. The summed E-state index contributed by atoms with van der Waals surface area (Å²) in [5, 5.41) is 4.13. The van der Waals surface area contributed by atoms with Gasteiger partial charge in [0.1, 0.15) is 12.7 Å². The number of nitrogens with zero attached hydrogens (tertiary/aromatic N) is 3. The van der Waals surface area contributed by atoms with Crippen LogP contribution in [0.25, 0.3) is 5.69 Å². The van der Waals surface area contributed by atoms with Crippen molar-refractivity contribution in [2.75, 3.05) is 6.54 Å². The molecule has 1 aliphatic rings. The first-order valence-electron chi connectivity index (χ1n) is 5.50. The van der Waals surface area contributed by atoms with Gasteiger partial charge in [0.05, 0.1) is 5.69 Å². The normalized spacial score (nSPS) is 17.3. The molecule has 82 valence electrons. The molecule has 1 saturated carbocycles. The number of aromatic nitrogens is 3. The second kappa shape index (κ2) is 3.42. The van der Waals surface area contributed by atoms with Gasteiger partial charge in [-0.05, 0) is 30.5 Å². The molecule has 1 aliphatic carbocycles. The Bertz CT molecular complexity index is 485. The second-order valence-corrected chi connectivity index (χ2v) is 4.37. The summed E-state index contributed by atoms with van der Waals surface area (Å²) in [4.78, 5) is 3.95. The quantitative estimate of drug-likeness (QED) is 0.836. The molecule has 0 unspecified atom stereocenters. The van der Waals surface area contributed by atoms with E-state index in [-0.39, 0.29) is 5.41 Å². The summed E-state index contributed by atoms with van der Waals surface area (Å²) in [5.41, 5.74) is 8.44. The Balaban J connectivity index is 2.01. The molecule has 3 rings (SSSR count). The van der Waals surface area contributed by atoms with Crippen LogP contribution in [0, 0.1) is 0 Å². The highest BCUT2D eigenvalue weighted by Gasteiger charge is 2.42. The van der Waals surface area contributed by atoms with E-state index in [9.17, 15) is 0 Å². The summed E-state index contributed by atoms with van der Waals surface area (Å²) in [6.45, 7) is 0.730. The summed E-state index contributed by atoms with van der Waals surface area (Å²) in [6, 6.07) is 8.40. The summed E-state index contributed by atoms with van der Waals surface area (Å²) in [5.74, 6) is 0. The first-order chi connectivity index (χ1) is 7.84. The maximum absolute atomic E-state index is 5.83. The number of hydrogen-bond acceptors (Lipinski definition) is 3. The van der Waals surface area contributed by atoms with Crippen molar-refractivity contribution >= 4 is 0 Å². The maximum atomic E-state index is 5.83. The van der Waals surface area contributed by atoms with E-state index in [0.717, 1.165) is 12.2 Å². The maximum Gasteiger partial charge on any atom is 0.138 e. The van der Waals surface area contributed by atoms with Crippen LogP contribution >= 0.6 is 0 Å². The van der Waals surface area contributed by atoms with Crippen molar-refractivity contribution in [2.24, 2.45) is 5.73 Å². The van der Waals surface area contributed by atoms with Crippen LogP contribution in [0.15, 0.2) is 36.9 Å². The predicted octanol–water partition coefficient (Wildman–Crippen LogP) is 1.26. The third kappa shape index (κ3) is 1.42. The van der Waals surface area contributed by atoms with Crippen LogP contribution in [0.3, 0.4) is 0 Å². The average Bonchev–Trinajstić information content (AvgIpc) is 2.95. The molecule has 1 aromatic heterocycles. The van der Waals surface area contributed by atoms with E-state index in [4.69, 9.17) is 5.73 Å². The van der Waals surface area contributed by atoms with E-state index >= 15 is 0 Å². The Morgan fingerprint density at radius 3 is 2.88 bits per heavy atom. The predicted molar refractivity (Wildman–Crippen MR) is 61.3 cm³/mol. The third-order valence-corrected chi connectivity index (χ3v) is 3.39. The zero-order chi connectivity index (χ0) is 11.0. The fraction of sp³-hybridized carbons (Fsp3) is 0.333. The third-order valence-electron chi connectivity index (χ3n) is 3.39. The van der Waals surface area contributed by atoms with Crippen LogP contribution in [0.2, 0.25) is 0 Å². The van der Waals surface area contributed by atoms with Crippen LogP contribution in [-0.2, 0) is 5.41 Å². The van der Waals surface area contributed by atoms with Gasteiger partial charge in [-0.15, -0.1) is 0 Å². The molecule has 2 aromatic rings. The van der Waals surface area contributed by atoms with Crippen molar-refractivity contribution in [3.05, 3.63) is 42.5 Å². The summed E-state index contributed by atoms with van der Waals surface area (Å²) >= 11 is 0. The minimum Gasteiger partial charge on any atom is -0.330 e. The molecule has 16 heavy (non-hydrogen) atoms. The van der Waals surface area contributed by atoms with E-state index in [1.54, 1.807) is 17.3 Å². The van der Waals surface area contributed by atoms with Crippen molar-refractivity contribution < 1.29 is 0 Å². The largest absolute Gasteiger partial charge is 0.330 e. The fourth-order valence-corrected chi connectivity index (χ4v) is 2.08. The molecule has 0 amide bonds. The fourth-order valence-electron chi connectivity index (χ4n) is 2.08. The molecule has 0 atom stereocenters. The Morgan fingerprint density at radius 2 is 2.25 bits per heavy atom. The monoisotopic (exact) mass is 214 g/mol. The number of hydrogen-bond donors (Lipinski definition) is 1. The molecule has 0 bridgehead atoms. The molecule has 0 saturated heterocycles. The van der Waals surface area contributed by atoms with Crippen molar-refractivity contribution in [3.63, 3.8) is 0 Å². The lowest BCUT2D eigenvalue weighted by Gasteiger charge is -2.13. The van der Waals surface area contributed by atoms with Crippen molar-refractivity contribution in [3.8, 4) is 5.69 Å². The van der Waals surface area contributed by atoms with Gasteiger partial charge >= 0.3 is 0 Å². The topological polar surface area (TPSA) is 56.7 Å². The van der Waals surface area contributed by atoms with Crippen molar-refractivity contribution in [1.29, 1.82) is 0 Å². The van der Waals surface area contributed by atoms with Crippen LogP contribution in [0.4, 0.5) is 0 Å². The van der Waals surface area contributed by atoms with Gasteiger partial charge < -0.3 is 5.73 Å². The van der Waals surface area contributed by atoms with Gasteiger partial charge in [0.25, 0.3) is 0 Å². The van der Waals surface area contributed by atoms with Gasteiger partial charge in [-0.1, -0.05) is 12.1 Å². The molecule has 0 spiro atoms. The summed E-state index contributed by atoms with van der Waals surface area (Å²) in [7, 11) is 0. The summed E-state index contributed by atoms with van der Waals surface area (Å²) in [6.07, 6.45) is 5.65. The molecule has 4 heteroatoms. The van der Waals surface area contributed by atoms with E-state index < -0.39 is 0 Å². The highest BCUT2D eigenvalue weighted by atomic mass is 15.3. The minimum absolute atomic E-state index is 0.233. The smallest absolute Gasteiger partial charge is 0.138 e. The molecular weight excluding hydrogens is 200 g/mol. The highest BCUT2D eigenvalue weighted by Crippen LogP contribution is 2.47. The van der Waals surface area contributed by atoms with E-state index in [2.05, 4.69) is 28.3 Å². The average molecular weight is 214 g/mol. The lowest BCUT2D eigenvalue weighted by molar-refractivity contribution is 0.702. The molecule has 1 aromatic carbocycles. The molecule has 1 fully saturated rings. The molecule has 0 aliphatic heterocycles. The molecule has 4 nitrogen and oxygen atoms in total. The van der Waals surface area contributed by atoms with Gasteiger partial charge in [-0.25, -0.2) is 9.67 Å². The molecular formula is C12H14N4. The molecule has 1 heterocycles. The number of rotatable bonds is 3. The highest BCUT2D eigenvalue weighted by molar-refractivity contribution is 5.41. The van der Waals surface area contributed by atoms with E-state index in [0.29, 0.717) is 0 Å². The zero-order valence-electron chi connectivity index (χ0n) is 9.00. The lowest BCUT2D eigenvalue weighted by atomic mass is 9.96. The van der Waals surface area contributed by atoms with Gasteiger partial charge in [0.2, 0.25) is 0 Å². The standard InChI is InChI=1S/C12H14N4/c13-7-12(4-5-12)10-2-1-3-11(6-10)16-9-14-8-15-16/h1-3,6,8-9H,4-5,7,13H2. The Hall–Kier alpha value is -1.68. The van der Waals surface area contributed by atoms with Gasteiger partial charge in [-0.2, -0.15) is 5.10 Å². The van der Waals surface area contributed by atoms with Gasteiger partial charge in [0, 0.05) is 12.0 Å². The first kappa shape index (κ1) is 9.54. The molecule has 2 N–H and O–H groups in total. The van der Waals surface area contributed by atoms with Gasteiger partial charge in [-0.3, -0.25) is 0 Å². The Morgan fingerprint density at radius 1 is 1.38 bits per heavy atom. The van der Waals surface area contributed by atoms with Crippen LogP contribution in [0.5, 0.6) is 0 Å². The van der Waals surface area contributed by atoms with E-state index in [1.165, 1.54) is 18.4 Å². The van der Waals surface area contributed by atoms with Gasteiger partial charge in [0.15, 0.2) is 0 Å². The lowest BCUT2D eigenvalue weighted by Crippen LogP contribution is -2.19. The Kier molecular flexibility index (Phi) is 2.04. The minimum atomic E-state index is 0.233. The second-order valence-electron chi connectivity index (χ2n) is 4.37. The summed E-state index contributed by atoms with van der Waals surface area (Å²) < 4.78 is 1.77. The SMILES string of the molecule is NCC1(c2cccc(-n3cncn3)c2)CC1. The first-order valence-corrected chi connectivity index (χ1v) is 5.50. The molecule has 0 radical (unpaired) electrons.